The highest BCUT2D eigenvalue weighted by molar-refractivity contribution is 7.99. The molecule has 1 fully saturated rings. The molecule has 0 saturated carbocycles. The molecule has 1 aliphatic heterocycles. The van der Waals surface area contributed by atoms with Gasteiger partial charge in [-0.1, -0.05) is 30.3 Å². The summed E-state index contributed by atoms with van der Waals surface area (Å²) < 4.78 is 44.1. The number of urea groups is 1. The summed E-state index contributed by atoms with van der Waals surface area (Å²) in [5, 5.41) is 2.48. The van der Waals surface area contributed by atoms with E-state index in [1.807, 2.05) is 54.6 Å². The monoisotopic (exact) mass is 444 g/mol. The molecule has 1 N–H and O–H groups in total. The first-order chi connectivity index (χ1) is 14.9. The first kappa shape index (κ1) is 21.1. The van der Waals surface area contributed by atoms with Gasteiger partial charge >= 0.3 is 12.2 Å². The van der Waals surface area contributed by atoms with Gasteiger partial charge in [-0.05, 0) is 54.1 Å². The second kappa shape index (κ2) is 8.93. The summed E-state index contributed by atoms with van der Waals surface area (Å²) in [6, 6.07) is 21.0. The highest BCUT2D eigenvalue weighted by Crippen LogP contribution is 2.39. The Morgan fingerprint density at radius 3 is 2.39 bits per heavy atom. The molecular formula is C23H19F3N2O2S. The van der Waals surface area contributed by atoms with Crippen molar-refractivity contribution in [1.82, 2.24) is 4.90 Å². The van der Waals surface area contributed by atoms with Gasteiger partial charge in [0.25, 0.3) is 0 Å². The molecule has 1 unspecified atom stereocenters. The lowest BCUT2D eigenvalue weighted by atomic mass is 10.2. The number of carbonyl (C=O) groups is 1. The van der Waals surface area contributed by atoms with Gasteiger partial charge in [0, 0.05) is 18.0 Å². The van der Waals surface area contributed by atoms with Gasteiger partial charge < -0.3 is 15.0 Å². The molecule has 0 aromatic heterocycles. The molecule has 3 aromatic carbocycles. The lowest BCUT2D eigenvalue weighted by Crippen LogP contribution is -2.34. The maximum atomic E-state index is 12.8. The van der Waals surface area contributed by atoms with Crippen LogP contribution in [0.2, 0.25) is 0 Å². The van der Waals surface area contributed by atoms with Crippen LogP contribution in [0.15, 0.2) is 78.9 Å². The van der Waals surface area contributed by atoms with Gasteiger partial charge in [0.2, 0.25) is 0 Å². The highest BCUT2D eigenvalue weighted by Gasteiger charge is 2.32. The molecule has 1 aliphatic rings. The Morgan fingerprint density at radius 2 is 1.68 bits per heavy atom. The number of benzene rings is 3. The van der Waals surface area contributed by atoms with E-state index in [-0.39, 0.29) is 11.4 Å². The number of hydrogen-bond acceptors (Lipinski definition) is 3. The minimum absolute atomic E-state index is 0.214. The van der Waals surface area contributed by atoms with E-state index < -0.39 is 11.7 Å². The fraction of sp³-hybridized carbons (Fsp3) is 0.174. The van der Waals surface area contributed by atoms with Gasteiger partial charge in [0.15, 0.2) is 0 Å². The van der Waals surface area contributed by atoms with E-state index in [0.29, 0.717) is 18.0 Å². The van der Waals surface area contributed by atoms with E-state index >= 15 is 0 Å². The minimum Gasteiger partial charge on any atom is -0.457 e. The number of anilines is 1. The molecule has 160 valence electrons. The van der Waals surface area contributed by atoms with E-state index in [0.717, 1.165) is 29.2 Å². The largest absolute Gasteiger partial charge is 0.457 e. The maximum absolute atomic E-state index is 12.8. The molecule has 1 heterocycles. The van der Waals surface area contributed by atoms with Gasteiger partial charge in [-0.3, -0.25) is 0 Å². The fourth-order valence-electron chi connectivity index (χ4n) is 3.25. The first-order valence-corrected chi connectivity index (χ1v) is 10.6. The highest BCUT2D eigenvalue weighted by atomic mass is 32.2. The van der Waals surface area contributed by atoms with Crippen molar-refractivity contribution in [3.05, 3.63) is 90.0 Å². The smallest absolute Gasteiger partial charge is 0.416 e. The Morgan fingerprint density at radius 1 is 0.968 bits per heavy atom. The van der Waals surface area contributed by atoms with Crippen molar-refractivity contribution >= 4 is 23.5 Å². The molecule has 4 nitrogen and oxygen atoms in total. The molecule has 0 bridgehead atoms. The Hall–Kier alpha value is -3.13. The Kier molecular flexibility index (Phi) is 6.08. The average molecular weight is 444 g/mol. The molecule has 0 radical (unpaired) electrons. The zero-order chi connectivity index (χ0) is 21.8. The van der Waals surface area contributed by atoms with Crippen LogP contribution < -0.4 is 10.1 Å². The summed E-state index contributed by atoms with van der Waals surface area (Å²) in [4.78, 5) is 14.5. The first-order valence-electron chi connectivity index (χ1n) is 9.59. The summed E-state index contributed by atoms with van der Waals surface area (Å²) in [6.45, 7) is 0.533. The molecule has 4 rings (SSSR count). The van der Waals surface area contributed by atoms with Crippen LogP contribution in [-0.4, -0.2) is 23.2 Å². The van der Waals surface area contributed by atoms with Crippen LogP contribution in [0, 0.1) is 0 Å². The molecule has 1 saturated heterocycles. The molecule has 31 heavy (non-hydrogen) atoms. The van der Waals surface area contributed by atoms with Crippen molar-refractivity contribution in [2.75, 3.05) is 17.6 Å². The van der Waals surface area contributed by atoms with E-state index in [9.17, 15) is 18.0 Å². The summed E-state index contributed by atoms with van der Waals surface area (Å²) in [5.41, 5.74) is 0.476. The normalized spacial score (nSPS) is 16.2. The zero-order valence-electron chi connectivity index (χ0n) is 16.3. The van der Waals surface area contributed by atoms with Crippen molar-refractivity contribution in [2.45, 2.75) is 11.6 Å². The van der Waals surface area contributed by atoms with Crippen molar-refractivity contribution in [3.8, 4) is 11.5 Å². The number of ether oxygens (including phenoxy) is 1. The predicted octanol–water partition coefficient (Wildman–Crippen LogP) is 6.78. The van der Waals surface area contributed by atoms with Gasteiger partial charge in [0.05, 0.1) is 5.56 Å². The quantitative estimate of drug-likeness (QED) is 0.482. The van der Waals surface area contributed by atoms with Gasteiger partial charge in [-0.2, -0.15) is 13.2 Å². The summed E-state index contributed by atoms with van der Waals surface area (Å²) in [7, 11) is 0. The molecule has 8 heteroatoms. The third-order valence-electron chi connectivity index (χ3n) is 4.74. The number of nitrogens with zero attached hydrogens (tertiary/aromatic N) is 1. The van der Waals surface area contributed by atoms with E-state index in [2.05, 4.69) is 5.32 Å². The number of alkyl halides is 3. The molecule has 0 spiro atoms. The summed E-state index contributed by atoms with van der Waals surface area (Å²) in [5.74, 6) is 2.14. The average Bonchev–Trinajstić information content (AvgIpc) is 3.25. The van der Waals surface area contributed by atoms with Crippen molar-refractivity contribution in [1.29, 1.82) is 0 Å². The van der Waals surface area contributed by atoms with Crippen molar-refractivity contribution in [2.24, 2.45) is 0 Å². The van der Waals surface area contributed by atoms with Crippen LogP contribution in [0.4, 0.5) is 23.7 Å². The number of halogens is 3. The minimum atomic E-state index is -4.41. The number of nitrogens with one attached hydrogen (secondary N) is 1. The van der Waals surface area contributed by atoms with Crippen molar-refractivity contribution < 1.29 is 22.7 Å². The standard InChI is InChI=1S/C23H19F3N2O2S/c24-23(25,26)17-9-11-18(12-10-17)27-22(29)28-13-14-31-21(28)16-5-4-8-20(15-16)30-19-6-2-1-3-7-19/h1-12,15,21H,13-14H2,(H,27,29). The molecular weight excluding hydrogens is 425 g/mol. The fourth-order valence-corrected chi connectivity index (χ4v) is 4.49. The topological polar surface area (TPSA) is 41.6 Å². The number of hydrogen-bond donors (Lipinski definition) is 1. The van der Waals surface area contributed by atoms with E-state index in [1.165, 1.54) is 12.1 Å². The Labute approximate surface area is 182 Å². The van der Waals surface area contributed by atoms with Gasteiger partial charge in [-0.25, -0.2) is 4.79 Å². The molecule has 3 aromatic rings. The predicted molar refractivity (Wildman–Crippen MR) is 115 cm³/mol. The van der Waals surface area contributed by atoms with Crippen molar-refractivity contribution in [3.63, 3.8) is 0 Å². The second-order valence-electron chi connectivity index (χ2n) is 6.91. The lowest BCUT2D eigenvalue weighted by Gasteiger charge is -2.25. The summed E-state index contributed by atoms with van der Waals surface area (Å²) in [6.07, 6.45) is -4.41. The molecule has 0 aliphatic carbocycles. The third-order valence-corrected chi connectivity index (χ3v) is 6.00. The Balaban J connectivity index is 1.46. The van der Waals surface area contributed by atoms with E-state index in [1.54, 1.807) is 16.7 Å². The maximum Gasteiger partial charge on any atom is 0.416 e. The summed E-state index contributed by atoms with van der Waals surface area (Å²) >= 11 is 1.62. The van der Waals surface area contributed by atoms with Crippen LogP contribution in [0.5, 0.6) is 11.5 Å². The van der Waals surface area contributed by atoms with Gasteiger partial charge in [-0.15, -0.1) is 11.8 Å². The van der Waals surface area contributed by atoms with E-state index in [4.69, 9.17) is 4.74 Å². The SMILES string of the molecule is O=C(Nc1ccc(C(F)(F)F)cc1)N1CCSC1c1cccc(Oc2ccccc2)c1. The van der Waals surface area contributed by atoms with Crippen LogP contribution >= 0.6 is 11.8 Å². The lowest BCUT2D eigenvalue weighted by molar-refractivity contribution is -0.137. The van der Waals surface area contributed by atoms with Crippen LogP contribution in [0.25, 0.3) is 0 Å². The number of thioether (sulfide) groups is 1. The third kappa shape index (κ3) is 5.14. The van der Waals surface area contributed by atoms with Crippen LogP contribution in [0.1, 0.15) is 16.5 Å². The number of para-hydroxylation sites is 1. The number of amides is 2. The zero-order valence-corrected chi connectivity index (χ0v) is 17.1. The van der Waals surface area contributed by atoms with Crippen LogP contribution in [-0.2, 0) is 6.18 Å². The second-order valence-corrected chi connectivity index (χ2v) is 8.10. The molecule has 2 amide bonds. The van der Waals surface area contributed by atoms with Crippen LogP contribution in [0.3, 0.4) is 0 Å². The molecule has 1 atom stereocenters. The number of carbonyl (C=O) groups excluding carboxylic acids is 1. The van der Waals surface area contributed by atoms with Gasteiger partial charge in [0.1, 0.15) is 16.9 Å². The Bertz CT molecular complexity index is 1040. The number of rotatable bonds is 4.